The molecular formula is C13H16N2O4. The minimum atomic E-state index is -0.927. The second kappa shape index (κ2) is 5.26. The minimum absolute atomic E-state index is 0.0312. The van der Waals surface area contributed by atoms with E-state index in [2.05, 4.69) is 0 Å². The Morgan fingerprint density at radius 1 is 1.53 bits per heavy atom. The van der Waals surface area contributed by atoms with E-state index in [0.29, 0.717) is 23.7 Å². The number of nitro benzene ring substituents is 1. The van der Waals surface area contributed by atoms with Crippen LogP contribution in [0.5, 0.6) is 0 Å². The molecule has 6 nitrogen and oxygen atoms in total. The van der Waals surface area contributed by atoms with Gasteiger partial charge < -0.3 is 10.0 Å². The number of nitrogens with zero attached hydrogens (tertiary/aromatic N) is 2. The van der Waals surface area contributed by atoms with Gasteiger partial charge in [0.15, 0.2) is 0 Å². The fourth-order valence-electron chi connectivity index (χ4n) is 2.03. The molecule has 1 aromatic rings. The van der Waals surface area contributed by atoms with E-state index in [0.717, 1.165) is 12.8 Å². The van der Waals surface area contributed by atoms with Gasteiger partial charge in [0.2, 0.25) is 0 Å². The summed E-state index contributed by atoms with van der Waals surface area (Å²) < 4.78 is 0. The van der Waals surface area contributed by atoms with Gasteiger partial charge in [0.25, 0.3) is 5.69 Å². The number of anilines is 1. The molecule has 102 valence electrons. The van der Waals surface area contributed by atoms with Gasteiger partial charge in [-0.1, -0.05) is 6.07 Å². The highest BCUT2D eigenvalue weighted by Crippen LogP contribution is 2.32. The van der Waals surface area contributed by atoms with Gasteiger partial charge in [-0.15, -0.1) is 0 Å². The Hall–Kier alpha value is -2.11. The van der Waals surface area contributed by atoms with Gasteiger partial charge in [-0.3, -0.25) is 14.9 Å². The smallest absolute Gasteiger partial charge is 0.323 e. The van der Waals surface area contributed by atoms with Gasteiger partial charge in [0.05, 0.1) is 4.92 Å². The van der Waals surface area contributed by atoms with Crippen LogP contribution >= 0.6 is 0 Å². The van der Waals surface area contributed by atoms with Crippen molar-refractivity contribution < 1.29 is 14.8 Å². The first-order chi connectivity index (χ1) is 8.97. The number of carboxylic acid groups (broad SMARTS) is 1. The monoisotopic (exact) mass is 264 g/mol. The third kappa shape index (κ3) is 3.43. The Labute approximate surface area is 110 Å². The van der Waals surface area contributed by atoms with Gasteiger partial charge in [-0.25, -0.2) is 0 Å². The third-order valence-corrected chi connectivity index (χ3v) is 3.26. The highest BCUT2D eigenvalue weighted by Gasteiger charge is 2.26. The van der Waals surface area contributed by atoms with E-state index in [1.54, 1.807) is 24.0 Å². The van der Waals surface area contributed by atoms with Crippen LogP contribution in [0.1, 0.15) is 18.4 Å². The summed E-state index contributed by atoms with van der Waals surface area (Å²) in [6.45, 7) is 2.19. The van der Waals surface area contributed by atoms with E-state index < -0.39 is 10.9 Å². The van der Waals surface area contributed by atoms with Crippen molar-refractivity contribution >= 4 is 17.3 Å². The highest BCUT2D eigenvalue weighted by molar-refractivity contribution is 5.74. The lowest BCUT2D eigenvalue weighted by molar-refractivity contribution is -0.385. The summed E-state index contributed by atoms with van der Waals surface area (Å²) in [7, 11) is 0. The zero-order chi connectivity index (χ0) is 14.0. The van der Waals surface area contributed by atoms with Crippen molar-refractivity contribution in [1.82, 2.24) is 0 Å². The molecule has 2 rings (SSSR count). The molecule has 0 bridgehead atoms. The van der Waals surface area contributed by atoms with E-state index in [1.165, 1.54) is 6.07 Å². The van der Waals surface area contributed by atoms with Gasteiger partial charge in [-0.05, 0) is 31.7 Å². The normalized spacial score (nSPS) is 14.2. The largest absolute Gasteiger partial charge is 0.480 e. The number of nitro groups is 1. The number of hydrogen-bond donors (Lipinski definition) is 1. The van der Waals surface area contributed by atoms with Gasteiger partial charge >= 0.3 is 5.97 Å². The molecule has 1 aliphatic rings. The fraction of sp³-hybridized carbons (Fsp3) is 0.462. The maximum atomic E-state index is 10.9. The second-order valence-corrected chi connectivity index (χ2v) is 4.95. The van der Waals surface area contributed by atoms with E-state index >= 15 is 0 Å². The lowest BCUT2D eigenvalue weighted by Crippen LogP contribution is -2.31. The van der Waals surface area contributed by atoms with Crippen LogP contribution in [0, 0.1) is 23.0 Å². The summed E-state index contributed by atoms with van der Waals surface area (Å²) >= 11 is 0. The summed E-state index contributed by atoms with van der Waals surface area (Å²) in [6.07, 6.45) is 2.20. The molecule has 0 unspecified atom stereocenters. The Bertz CT molecular complexity index is 511. The Morgan fingerprint density at radius 3 is 2.74 bits per heavy atom. The molecule has 1 fully saturated rings. The number of hydrogen-bond acceptors (Lipinski definition) is 4. The molecule has 0 atom stereocenters. The molecule has 19 heavy (non-hydrogen) atoms. The second-order valence-electron chi connectivity index (χ2n) is 4.95. The summed E-state index contributed by atoms with van der Waals surface area (Å²) in [4.78, 5) is 23.1. The maximum Gasteiger partial charge on any atom is 0.323 e. The van der Waals surface area contributed by atoms with Crippen molar-refractivity contribution in [2.45, 2.75) is 19.8 Å². The van der Waals surface area contributed by atoms with Crippen LogP contribution in [-0.4, -0.2) is 29.1 Å². The van der Waals surface area contributed by atoms with E-state index in [9.17, 15) is 14.9 Å². The van der Waals surface area contributed by atoms with Crippen molar-refractivity contribution in [2.24, 2.45) is 5.92 Å². The molecule has 1 aliphatic carbocycles. The number of carboxylic acids is 1. The first-order valence-corrected chi connectivity index (χ1v) is 6.19. The summed E-state index contributed by atoms with van der Waals surface area (Å²) in [5.41, 5.74) is 1.21. The van der Waals surface area contributed by atoms with Crippen LogP contribution in [0.3, 0.4) is 0 Å². The van der Waals surface area contributed by atoms with Crippen LogP contribution in [0.2, 0.25) is 0 Å². The van der Waals surface area contributed by atoms with Gasteiger partial charge in [-0.2, -0.15) is 0 Å². The number of carbonyl (C=O) groups is 1. The van der Waals surface area contributed by atoms with Crippen LogP contribution in [0.4, 0.5) is 11.4 Å². The zero-order valence-corrected chi connectivity index (χ0v) is 10.7. The van der Waals surface area contributed by atoms with E-state index in [-0.39, 0.29) is 12.2 Å². The lowest BCUT2D eigenvalue weighted by Gasteiger charge is -2.22. The molecule has 0 aromatic heterocycles. The van der Waals surface area contributed by atoms with Gasteiger partial charge in [0.1, 0.15) is 6.54 Å². The third-order valence-electron chi connectivity index (χ3n) is 3.26. The van der Waals surface area contributed by atoms with Crippen molar-refractivity contribution in [3.05, 3.63) is 33.9 Å². The SMILES string of the molecule is Cc1ccc(N(CC(=O)O)CC2CC2)cc1[N+](=O)[O-]. The molecule has 1 saturated carbocycles. The average Bonchev–Trinajstić information content (AvgIpc) is 3.11. The van der Waals surface area contributed by atoms with Crippen LogP contribution in [0.15, 0.2) is 18.2 Å². The predicted octanol–water partition coefficient (Wildman–Crippen LogP) is 2.20. The summed E-state index contributed by atoms with van der Waals surface area (Å²) in [5, 5.41) is 19.9. The molecule has 0 amide bonds. The maximum absolute atomic E-state index is 10.9. The van der Waals surface area contributed by atoms with Crippen molar-refractivity contribution in [3.8, 4) is 0 Å². The molecule has 0 radical (unpaired) electrons. The number of aliphatic carboxylic acids is 1. The molecule has 0 saturated heterocycles. The summed E-state index contributed by atoms with van der Waals surface area (Å²) in [5.74, 6) is -0.413. The number of benzene rings is 1. The molecule has 1 N–H and O–H groups in total. The average molecular weight is 264 g/mol. The van der Waals surface area contributed by atoms with Crippen molar-refractivity contribution in [2.75, 3.05) is 18.0 Å². The van der Waals surface area contributed by atoms with Crippen LogP contribution in [0.25, 0.3) is 0 Å². The molecular weight excluding hydrogens is 248 g/mol. The Morgan fingerprint density at radius 2 is 2.21 bits per heavy atom. The van der Waals surface area contributed by atoms with E-state index in [1.807, 2.05) is 0 Å². The van der Waals surface area contributed by atoms with Crippen molar-refractivity contribution in [3.63, 3.8) is 0 Å². The highest BCUT2D eigenvalue weighted by atomic mass is 16.6. The first kappa shape index (κ1) is 13.3. The molecule has 0 heterocycles. The van der Waals surface area contributed by atoms with Crippen LogP contribution in [-0.2, 0) is 4.79 Å². The standard InChI is InChI=1S/C13H16N2O4/c1-9-2-5-11(6-12(9)15(18)19)14(8-13(16)17)7-10-3-4-10/h2,5-6,10H,3-4,7-8H2,1H3,(H,16,17). The van der Waals surface area contributed by atoms with Crippen LogP contribution < -0.4 is 4.90 Å². The Kier molecular flexibility index (Phi) is 3.69. The zero-order valence-electron chi connectivity index (χ0n) is 10.7. The minimum Gasteiger partial charge on any atom is -0.480 e. The van der Waals surface area contributed by atoms with Crippen molar-refractivity contribution in [1.29, 1.82) is 0 Å². The molecule has 1 aromatic carbocycles. The molecule has 6 heteroatoms. The van der Waals surface area contributed by atoms with Gasteiger partial charge in [0, 0.05) is 23.9 Å². The summed E-state index contributed by atoms with van der Waals surface area (Å²) in [6, 6.07) is 4.86. The Balaban J connectivity index is 2.26. The first-order valence-electron chi connectivity index (χ1n) is 6.19. The quantitative estimate of drug-likeness (QED) is 0.629. The fourth-order valence-corrected chi connectivity index (χ4v) is 2.03. The molecule has 0 aliphatic heterocycles. The predicted molar refractivity (Wildman–Crippen MR) is 70.4 cm³/mol. The van der Waals surface area contributed by atoms with E-state index in [4.69, 9.17) is 5.11 Å². The topological polar surface area (TPSA) is 83.7 Å². The number of rotatable bonds is 6. The number of aryl methyl sites for hydroxylation is 1. The lowest BCUT2D eigenvalue weighted by atomic mass is 10.1. The molecule has 0 spiro atoms.